The van der Waals surface area contributed by atoms with Gasteiger partial charge in [0, 0.05) is 12.2 Å². The van der Waals surface area contributed by atoms with E-state index in [0.29, 0.717) is 0 Å². The van der Waals surface area contributed by atoms with Gasteiger partial charge in [0.25, 0.3) is 0 Å². The van der Waals surface area contributed by atoms with E-state index >= 15 is 0 Å². The molecular weight excluding hydrogens is 248 g/mol. The molecule has 1 aliphatic rings. The molecule has 0 bridgehead atoms. The number of nitrogens with zero attached hydrogens (tertiary/aromatic N) is 1. The van der Waals surface area contributed by atoms with Gasteiger partial charge in [0.2, 0.25) is 5.91 Å². The van der Waals surface area contributed by atoms with Crippen molar-refractivity contribution in [1.82, 2.24) is 5.32 Å². The Labute approximate surface area is 122 Å². The summed E-state index contributed by atoms with van der Waals surface area (Å²) in [5.41, 5.74) is 2.40. The molecule has 1 unspecified atom stereocenters. The number of hydrogen-bond acceptors (Lipinski definition) is 2. The monoisotopic (exact) mass is 274 g/mol. The van der Waals surface area contributed by atoms with Crippen molar-refractivity contribution in [3.63, 3.8) is 0 Å². The molecule has 0 radical (unpaired) electrons. The van der Waals surface area contributed by atoms with E-state index < -0.39 is 0 Å². The van der Waals surface area contributed by atoms with Crippen molar-refractivity contribution in [2.45, 2.75) is 52.0 Å². The fraction of sp³-hybridized carbons (Fsp3) is 0.588. The molecule has 110 valence electrons. The van der Waals surface area contributed by atoms with Crippen LogP contribution < -0.4 is 10.2 Å². The maximum atomic E-state index is 12.3. The second kappa shape index (κ2) is 7.44. The predicted octanol–water partition coefficient (Wildman–Crippen LogP) is 3.13. The van der Waals surface area contributed by atoms with Gasteiger partial charge >= 0.3 is 0 Å². The second-order valence-corrected chi connectivity index (χ2v) is 5.56. The van der Waals surface area contributed by atoms with Crippen molar-refractivity contribution in [2.24, 2.45) is 0 Å². The van der Waals surface area contributed by atoms with Crippen LogP contribution in [0.3, 0.4) is 0 Å². The lowest BCUT2D eigenvalue weighted by Gasteiger charge is -2.17. The first-order valence-electron chi connectivity index (χ1n) is 7.90. The minimum absolute atomic E-state index is 0.00900. The highest BCUT2D eigenvalue weighted by Crippen LogP contribution is 2.22. The molecule has 1 aliphatic heterocycles. The highest BCUT2D eigenvalue weighted by molar-refractivity contribution is 5.99. The zero-order chi connectivity index (χ0) is 14.4. The lowest BCUT2D eigenvalue weighted by molar-refractivity contribution is -0.118. The Balaban J connectivity index is 1.96. The van der Waals surface area contributed by atoms with Crippen LogP contribution in [-0.2, 0) is 11.2 Å². The van der Waals surface area contributed by atoms with Crippen molar-refractivity contribution in [3.05, 3.63) is 29.8 Å². The Morgan fingerprint density at radius 2 is 1.95 bits per heavy atom. The summed E-state index contributed by atoms with van der Waals surface area (Å²) in [6.45, 7) is 6.08. The molecule has 20 heavy (non-hydrogen) atoms. The Hall–Kier alpha value is -1.35. The van der Waals surface area contributed by atoms with E-state index in [9.17, 15) is 4.79 Å². The molecule has 1 heterocycles. The topological polar surface area (TPSA) is 32.3 Å². The predicted molar refractivity (Wildman–Crippen MR) is 84.1 cm³/mol. The molecular formula is C17H26N2O. The highest BCUT2D eigenvalue weighted by Gasteiger charge is 2.31. The fourth-order valence-electron chi connectivity index (χ4n) is 2.67. The van der Waals surface area contributed by atoms with Gasteiger partial charge in [-0.25, -0.2) is 0 Å². The molecule has 1 amide bonds. The van der Waals surface area contributed by atoms with E-state index in [1.165, 1.54) is 18.4 Å². The van der Waals surface area contributed by atoms with Crippen LogP contribution >= 0.6 is 0 Å². The van der Waals surface area contributed by atoms with Crippen LogP contribution in [-0.4, -0.2) is 25.0 Å². The number of rotatable bonds is 7. The molecule has 2 rings (SSSR count). The molecule has 1 saturated heterocycles. The lowest BCUT2D eigenvalue weighted by atomic mass is 10.1. The number of anilines is 1. The van der Waals surface area contributed by atoms with Crippen LogP contribution in [0.5, 0.6) is 0 Å². The maximum Gasteiger partial charge on any atom is 0.244 e. The first-order valence-corrected chi connectivity index (χ1v) is 7.90. The number of carbonyl (C=O) groups excluding carboxylic acids is 1. The van der Waals surface area contributed by atoms with E-state index in [2.05, 4.69) is 43.4 Å². The van der Waals surface area contributed by atoms with E-state index in [0.717, 1.165) is 38.0 Å². The summed E-state index contributed by atoms with van der Waals surface area (Å²) in [6, 6.07) is 8.50. The molecule has 1 N–H and O–H groups in total. The lowest BCUT2D eigenvalue weighted by Crippen LogP contribution is -2.38. The van der Waals surface area contributed by atoms with Crippen molar-refractivity contribution in [1.29, 1.82) is 0 Å². The average Bonchev–Trinajstić information content (AvgIpc) is 2.84. The van der Waals surface area contributed by atoms with Gasteiger partial charge < -0.3 is 10.2 Å². The molecule has 1 aromatic rings. The number of unbranched alkanes of at least 4 members (excludes halogenated alkanes) is 1. The molecule has 0 spiro atoms. The third-order valence-electron chi connectivity index (χ3n) is 3.91. The zero-order valence-corrected chi connectivity index (χ0v) is 12.7. The van der Waals surface area contributed by atoms with Gasteiger partial charge in [0.15, 0.2) is 0 Å². The Morgan fingerprint density at radius 3 is 2.60 bits per heavy atom. The van der Waals surface area contributed by atoms with Crippen LogP contribution in [0.25, 0.3) is 0 Å². The number of amides is 1. The number of carbonyl (C=O) groups is 1. The van der Waals surface area contributed by atoms with E-state index in [-0.39, 0.29) is 11.9 Å². The summed E-state index contributed by atoms with van der Waals surface area (Å²) in [5.74, 6) is 0.222. The summed E-state index contributed by atoms with van der Waals surface area (Å²) < 4.78 is 0. The average molecular weight is 274 g/mol. The van der Waals surface area contributed by atoms with Crippen LogP contribution in [0, 0.1) is 0 Å². The highest BCUT2D eigenvalue weighted by atomic mass is 16.2. The van der Waals surface area contributed by atoms with Crippen LogP contribution in [0.15, 0.2) is 24.3 Å². The SMILES string of the molecule is CCCCc1ccc(N2CCC(NCCC)C2=O)cc1. The second-order valence-electron chi connectivity index (χ2n) is 5.56. The van der Waals surface area contributed by atoms with Gasteiger partial charge in [-0.05, 0) is 49.9 Å². The first kappa shape index (κ1) is 15.0. The van der Waals surface area contributed by atoms with Gasteiger partial charge in [-0.2, -0.15) is 0 Å². The minimum atomic E-state index is 0.00900. The molecule has 3 nitrogen and oxygen atoms in total. The van der Waals surface area contributed by atoms with Gasteiger partial charge in [0.05, 0.1) is 6.04 Å². The van der Waals surface area contributed by atoms with Crippen LogP contribution in [0.2, 0.25) is 0 Å². The van der Waals surface area contributed by atoms with Crippen molar-refractivity contribution >= 4 is 11.6 Å². The molecule has 0 saturated carbocycles. The summed E-state index contributed by atoms with van der Waals surface area (Å²) in [6.07, 6.45) is 5.56. The summed E-state index contributed by atoms with van der Waals surface area (Å²) in [4.78, 5) is 14.2. The van der Waals surface area contributed by atoms with Crippen molar-refractivity contribution < 1.29 is 4.79 Å². The first-order chi connectivity index (χ1) is 9.76. The molecule has 0 aromatic heterocycles. The number of aryl methyl sites for hydroxylation is 1. The molecule has 0 aliphatic carbocycles. The van der Waals surface area contributed by atoms with Gasteiger partial charge in [0.1, 0.15) is 0 Å². The molecule has 3 heteroatoms. The summed E-state index contributed by atoms with van der Waals surface area (Å²) in [7, 11) is 0. The molecule has 1 fully saturated rings. The van der Waals surface area contributed by atoms with Crippen molar-refractivity contribution in [2.75, 3.05) is 18.0 Å². The van der Waals surface area contributed by atoms with Gasteiger partial charge in [-0.1, -0.05) is 32.4 Å². The minimum Gasteiger partial charge on any atom is -0.311 e. The Morgan fingerprint density at radius 1 is 1.20 bits per heavy atom. The van der Waals surface area contributed by atoms with Crippen LogP contribution in [0.4, 0.5) is 5.69 Å². The Bertz CT molecular complexity index is 427. The van der Waals surface area contributed by atoms with E-state index in [1.54, 1.807) is 0 Å². The smallest absolute Gasteiger partial charge is 0.244 e. The number of benzene rings is 1. The largest absolute Gasteiger partial charge is 0.311 e. The zero-order valence-electron chi connectivity index (χ0n) is 12.7. The van der Waals surface area contributed by atoms with E-state index in [4.69, 9.17) is 0 Å². The molecule has 1 atom stereocenters. The standard InChI is InChI=1S/C17H26N2O/c1-3-5-6-14-7-9-15(10-8-14)19-13-11-16(17(19)20)18-12-4-2/h7-10,16,18H,3-6,11-13H2,1-2H3. The quantitative estimate of drug-likeness (QED) is 0.828. The van der Waals surface area contributed by atoms with Crippen LogP contribution in [0.1, 0.15) is 45.1 Å². The van der Waals surface area contributed by atoms with E-state index in [1.807, 2.05) is 4.90 Å². The summed E-state index contributed by atoms with van der Waals surface area (Å²) >= 11 is 0. The third-order valence-corrected chi connectivity index (χ3v) is 3.91. The maximum absolute atomic E-state index is 12.3. The number of hydrogen-bond donors (Lipinski definition) is 1. The summed E-state index contributed by atoms with van der Waals surface area (Å²) in [5, 5.41) is 3.33. The Kier molecular flexibility index (Phi) is 5.60. The fourth-order valence-corrected chi connectivity index (χ4v) is 2.67. The molecule has 1 aromatic carbocycles. The third kappa shape index (κ3) is 3.60. The number of nitrogens with one attached hydrogen (secondary N) is 1. The normalized spacial score (nSPS) is 18.8. The van der Waals surface area contributed by atoms with Gasteiger partial charge in [-0.3, -0.25) is 4.79 Å². The van der Waals surface area contributed by atoms with Gasteiger partial charge in [-0.15, -0.1) is 0 Å². The van der Waals surface area contributed by atoms with Crippen molar-refractivity contribution in [3.8, 4) is 0 Å².